The standard InChI is InChI=1S/C22H19N3O4/c1-24(26)19-7-3-17-13-21(9-5-15(17)11-19)28-23-29-22-10-6-16-12-20(25(2)27)8-4-18(16)14-22/h3-14,23H,1-2H3/q-2. The van der Waals surface area contributed by atoms with Gasteiger partial charge in [-0.1, -0.05) is 24.3 Å². The van der Waals surface area contributed by atoms with Crippen LogP contribution in [-0.2, 0) is 0 Å². The highest BCUT2D eigenvalue weighted by Gasteiger charge is 2.02. The van der Waals surface area contributed by atoms with Crippen molar-refractivity contribution >= 4 is 32.9 Å². The molecule has 0 aliphatic heterocycles. The number of hydrogen-bond acceptors (Lipinski definition) is 7. The lowest BCUT2D eigenvalue weighted by molar-refractivity contribution is -0.0189. The molecule has 7 nitrogen and oxygen atoms in total. The minimum atomic E-state index is 0.574. The molecule has 0 heterocycles. The van der Waals surface area contributed by atoms with E-state index in [-0.39, 0.29) is 0 Å². The Morgan fingerprint density at radius 2 is 0.966 bits per heavy atom. The molecule has 0 saturated carbocycles. The van der Waals surface area contributed by atoms with Gasteiger partial charge < -0.3 is 30.2 Å². The highest BCUT2D eigenvalue weighted by atomic mass is 16.9. The summed E-state index contributed by atoms with van der Waals surface area (Å²) in [5, 5.41) is 28.2. The van der Waals surface area contributed by atoms with Crippen molar-refractivity contribution in [3.8, 4) is 11.5 Å². The molecular weight excluding hydrogens is 370 g/mol. The van der Waals surface area contributed by atoms with Crippen LogP contribution >= 0.6 is 0 Å². The van der Waals surface area contributed by atoms with Crippen LogP contribution in [-0.4, -0.2) is 14.1 Å². The van der Waals surface area contributed by atoms with E-state index >= 15 is 0 Å². The Bertz CT molecular complexity index is 1070. The van der Waals surface area contributed by atoms with Crippen LogP contribution in [0.4, 0.5) is 11.4 Å². The number of rotatable bonds is 6. The predicted octanol–water partition coefficient (Wildman–Crippen LogP) is 4.74. The molecule has 0 fully saturated rings. The van der Waals surface area contributed by atoms with Gasteiger partial charge in [-0.05, 0) is 84.2 Å². The summed E-state index contributed by atoms with van der Waals surface area (Å²) in [4.78, 5) is 10.9. The maximum atomic E-state index is 11.4. The van der Waals surface area contributed by atoms with Crippen LogP contribution in [0.25, 0.3) is 21.5 Å². The molecular formula is C22H19N3O4-2. The van der Waals surface area contributed by atoms with Gasteiger partial charge in [-0.25, -0.2) is 0 Å². The van der Waals surface area contributed by atoms with Crippen molar-refractivity contribution in [1.82, 2.24) is 5.64 Å². The lowest BCUT2D eigenvalue weighted by Crippen LogP contribution is -2.22. The van der Waals surface area contributed by atoms with Gasteiger partial charge in [0.25, 0.3) is 0 Å². The zero-order chi connectivity index (χ0) is 20.4. The van der Waals surface area contributed by atoms with Crippen LogP contribution in [0.5, 0.6) is 11.5 Å². The van der Waals surface area contributed by atoms with Gasteiger partial charge in [0.1, 0.15) is 0 Å². The van der Waals surface area contributed by atoms with Crippen molar-refractivity contribution in [1.29, 1.82) is 0 Å². The SMILES string of the molecule is CN([O-])c1ccc2cc(ONOc3ccc4cc(N(C)[O-])ccc4c3)ccc2c1. The quantitative estimate of drug-likeness (QED) is 0.477. The minimum Gasteiger partial charge on any atom is -0.758 e. The topological polar surface area (TPSA) is 83.1 Å². The van der Waals surface area contributed by atoms with E-state index in [9.17, 15) is 10.4 Å². The van der Waals surface area contributed by atoms with Crippen LogP contribution in [0.2, 0.25) is 0 Å². The van der Waals surface area contributed by atoms with Crippen molar-refractivity contribution in [2.45, 2.75) is 0 Å². The van der Waals surface area contributed by atoms with Crippen LogP contribution in [0.3, 0.4) is 0 Å². The van der Waals surface area contributed by atoms with Crippen molar-refractivity contribution in [3.05, 3.63) is 83.2 Å². The summed E-state index contributed by atoms with van der Waals surface area (Å²) in [6.45, 7) is 0. The first-order chi connectivity index (χ1) is 14.0. The zero-order valence-electron chi connectivity index (χ0n) is 16.0. The number of nitrogens with zero attached hydrogens (tertiary/aromatic N) is 2. The average Bonchev–Trinajstić information content (AvgIpc) is 2.72. The molecule has 7 heteroatoms. The molecule has 0 radical (unpaired) electrons. The van der Waals surface area contributed by atoms with Crippen molar-refractivity contribution in [2.75, 3.05) is 24.2 Å². The Morgan fingerprint density at radius 3 is 1.38 bits per heavy atom. The van der Waals surface area contributed by atoms with Crippen LogP contribution in [0.1, 0.15) is 0 Å². The van der Waals surface area contributed by atoms with Crippen LogP contribution < -0.4 is 25.4 Å². The second kappa shape index (κ2) is 7.84. The molecule has 0 amide bonds. The largest absolute Gasteiger partial charge is 0.758 e. The molecule has 0 aromatic heterocycles. The first-order valence-corrected chi connectivity index (χ1v) is 8.98. The predicted molar refractivity (Wildman–Crippen MR) is 116 cm³/mol. The van der Waals surface area contributed by atoms with Gasteiger partial charge in [0.05, 0.1) is 0 Å². The van der Waals surface area contributed by atoms with Crippen molar-refractivity contribution in [2.24, 2.45) is 0 Å². The van der Waals surface area contributed by atoms with E-state index in [0.29, 0.717) is 22.9 Å². The Hall–Kier alpha value is -3.52. The van der Waals surface area contributed by atoms with Gasteiger partial charge in [-0.2, -0.15) is 0 Å². The summed E-state index contributed by atoms with van der Waals surface area (Å²) in [6, 6.07) is 21.9. The Balaban J connectivity index is 1.42. The number of nitrogens with one attached hydrogen (secondary N) is 1. The molecule has 29 heavy (non-hydrogen) atoms. The highest BCUT2D eigenvalue weighted by Crippen LogP contribution is 2.26. The summed E-state index contributed by atoms with van der Waals surface area (Å²) >= 11 is 0. The minimum absolute atomic E-state index is 0.574. The van der Waals surface area contributed by atoms with Gasteiger partial charge >= 0.3 is 0 Å². The van der Waals surface area contributed by atoms with Crippen molar-refractivity contribution in [3.63, 3.8) is 0 Å². The van der Waals surface area contributed by atoms with Gasteiger partial charge in [0.2, 0.25) is 0 Å². The number of hydroxylamine groups is 2. The van der Waals surface area contributed by atoms with E-state index in [2.05, 4.69) is 5.64 Å². The number of benzene rings is 4. The summed E-state index contributed by atoms with van der Waals surface area (Å²) in [5.74, 6) is 1.15. The number of fused-ring (bicyclic) bond motifs is 2. The van der Waals surface area contributed by atoms with Gasteiger partial charge in [0.15, 0.2) is 11.5 Å². The van der Waals surface area contributed by atoms with Crippen molar-refractivity contribution < 1.29 is 9.68 Å². The Morgan fingerprint density at radius 1 is 0.586 bits per heavy atom. The molecule has 0 spiro atoms. The van der Waals surface area contributed by atoms with E-state index < -0.39 is 0 Å². The van der Waals surface area contributed by atoms with Gasteiger partial charge in [-0.15, -0.1) is 0 Å². The lowest BCUT2D eigenvalue weighted by atomic mass is 10.1. The summed E-state index contributed by atoms with van der Waals surface area (Å²) in [5.41, 5.74) is 3.68. The average molecular weight is 389 g/mol. The third-order valence-corrected chi connectivity index (χ3v) is 4.64. The number of hydrogen-bond donors (Lipinski definition) is 1. The maximum absolute atomic E-state index is 11.4. The molecule has 0 aliphatic carbocycles. The summed E-state index contributed by atoms with van der Waals surface area (Å²) < 4.78 is 0. The molecule has 4 rings (SSSR count). The smallest absolute Gasteiger partial charge is 0.152 e. The first-order valence-electron chi connectivity index (χ1n) is 8.98. The fraction of sp³-hybridized carbons (Fsp3) is 0.0909. The summed E-state index contributed by atoms with van der Waals surface area (Å²) in [6.07, 6.45) is 0. The van der Waals surface area contributed by atoms with Crippen LogP contribution in [0.15, 0.2) is 72.8 Å². The lowest BCUT2D eigenvalue weighted by Gasteiger charge is -2.25. The monoisotopic (exact) mass is 389 g/mol. The Kier molecular flexibility index (Phi) is 5.09. The molecule has 4 aromatic rings. The molecule has 4 aromatic carbocycles. The third kappa shape index (κ3) is 4.17. The molecule has 0 aliphatic rings. The van der Waals surface area contributed by atoms with Gasteiger partial charge in [0, 0.05) is 17.0 Å². The molecule has 0 saturated heterocycles. The highest BCUT2D eigenvalue weighted by molar-refractivity contribution is 5.88. The second-order valence-electron chi connectivity index (χ2n) is 6.67. The molecule has 0 atom stereocenters. The fourth-order valence-corrected chi connectivity index (χ4v) is 3.06. The number of anilines is 2. The van der Waals surface area contributed by atoms with E-state index in [4.69, 9.17) is 9.68 Å². The van der Waals surface area contributed by atoms with Gasteiger partial charge in [-0.3, -0.25) is 0 Å². The second-order valence-corrected chi connectivity index (χ2v) is 6.67. The first kappa shape index (κ1) is 18.8. The van der Waals surface area contributed by atoms with E-state index in [1.54, 1.807) is 24.3 Å². The van der Waals surface area contributed by atoms with E-state index in [0.717, 1.165) is 31.7 Å². The maximum Gasteiger partial charge on any atom is 0.152 e. The Labute approximate surface area is 167 Å². The normalized spacial score (nSPS) is 10.9. The fourth-order valence-electron chi connectivity index (χ4n) is 3.06. The molecule has 0 unspecified atom stereocenters. The van der Waals surface area contributed by atoms with E-state index in [1.165, 1.54) is 14.1 Å². The van der Waals surface area contributed by atoms with Crippen LogP contribution in [0, 0.1) is 10.4 Å². The summed E-state index contributed by atoms with van der Waals surface area (Å²) in [7, 11) is 2.93. The zero-order valence-corrected chi connectivity index (χ0v) is 16.0. The molecule has 148 valence electrons. The van der Waals surface area contributed by atoms with E-state index in [1.807, 2.05) is 48.5 Å². The third-order valence-electron chi connectivity index (χ3n) is 4.64. The molecule has 0 bridgehead atoms. The molecule has 1 N–H and O–H groups in total.